The number of hydrogen-bond donors (Lipinski definition) is 1. The average molecular weight is 430 g/mol. The normalized spacial score (nSPS) is 12.9. The van der Waals surface area contributed by atoms with Gasteiger partial charge in [0.25, 0.3) is 0 Å². The minimum Gasteiger partial charge on any atom is -0.406 e. The van der Waals surface area contributed by atoms with Gasteiger partial charge >= 0.3 is 6.36 Å². The van der Waals surface area contributed by atoms with Crippen LogP contribution in [-0.2, 0) is 14.8 Å². The van der Waals surface area contributed by atoms with E-state index in [0.29, 0.717) is 11.3 Å². The summed E-state index contributed by atoms with van der Waals surface area (Å²) in [6.07, 6.45) is -3.82. The van der Waals surface area contributed by atoms with Crippen molar-refractivity contribution in [2.24, 2.45) is 0 Å². The Hall–Kier alpha value is -2.75. The largest absolute Gasteiger partial charge is 0.573 e. The number of amides is 1. The summed E-state index contributed by atoms with van der Waals surface area (Å²) in [4.78, 5) is 12.7. The molecule has 0 aliphatic heterocycles. The topological polar surface area (TPSA) is 75.7 Å². The second kappa shape index (κ2) is 8.32. The van der Waals surface area contributed by atoms with Crippen molar-refractivity contribution in [2.75, 3.05) is 15.9 Å². The molecule has 10 heteroatoms. The first-order chi connectivity index (χ1) is 13.3. The minimum absolute atomic E-state index is 0.200. The number of nitrogens with one attached hydrogen (secondary N) is 1. The van der Waals surface area contributed by atoms with Gasteiger partial charge in [0.1, 0.15) is 11.8 Å². The number of benzene rings is 2. The number of carbonyl (C=O) groups excluding carboxylic acids is 1. The molecular formula is C19H21F3N2O4S. The smallest absolute Gasteiger partial charge is 0.406 e. The molecule has 0 spiro atoms. The summed E-state index contributed by atoms with van der Waals surface area (Å²) < 4.78 is 66.3. The van der Waals surface area contributed by atoms with E-state index < -0.39 is 34.1 Å². The van der Waals surface area contributed by atoms with Crippen LogP contribution in [0.2, 0.25) is 0 Å². The molecule has 0 aliphatic rings. The Labute approximate surface area is 167 Å². The highest BCUT2D eigenvalue weighted by molar-refractivity contribution is 7.92. The van der Waals surface area contributed by atoms with Crippen molar-refractivity contribution >= 4 is 27.3 Å². The molecule has 0 radical (unpaired) electrons. The molecule has 0 aliphatic carbocycles. The van der Waals surface area contributed by atoms with Gasteiger partial charge in [-0.2, -0.15) is 0 Å². The van der Waals surface area contributed by atoms with Gasteiger partial charge in [0, 0.05) is 5.69 Å². The average Bonchev–Trinajstić information content (AvgIpc) is 2.57. The molecule has 0 fully saturated rings. The van der Waals surface area contributed by atoms with Crippen LogP contribution in [0.15, 0.2) is 42.5 Å². The maximum absolute atomic E-state index is 12.7. The Morgan fingerprint density at radius 2 is 1.69 bits per heavy atom. The fraction of sp³-hybridized carbons (Fsp3) is 0.316. The third-order valence-electron chi connectivity index (χ3n) is 4.05. The molecule has 2 aromatic rings. The molecule has 2 rings (SSSR count). The van der Waals surface area contributed by atoms with Crippen LogP contribution in [0.1, 0.15) is 18.1 Å². The Morgan fingerprint density at radius 3 is 2.21 bits per heavy atom. The third-order valence-corrected chi connectivity index (χ3v) is 5.27. The first kappa shape index (κ1) is 22.5. The molecule has 1 amide bonds. The molecule has 6 nitrogen and oxygen atoms in total. The number of hydrogen-bond acceptors (Lipinski definition) is 4. The van der Waals surface area contributed by atoms with Crippen molar-refractivity contribution in [3.05, 3.63) is 53.6 Å². The van der Waals surface area contributed by atoms with Crippen molar-refractivity contribution in [1.82, 2.24) is 0 Å². The highest BCUT2D eigenvalue weighted by atomic mass is 32.2. The van der Waals surface area contributed by atoms with Crippen LogP contribution in [0.25, 0.3) is 0 Å². The van der Waals surface area contributed by atoms with Gasteiger partial charge in [-0.05, 0) is 62.2 Å². The number of alkyl halides is 3. The number of carbonyl (C=O) groups is 1. The van der Waals surface area contributed by atoms with E-state index in [2.05, 4.69) is 10.1 Å². The van der Waals surface area contributed by atoms with E-state index in [4.69, 9.17) is 0 Å². The SMILES string of the molecule is Cc1ccc(C)c(N(C(C)C(=O)Nc2ccc(OC(F)(F)F)cc2)S(C)(=O)=O)c1. The first-order valence-corrected chi connectivity index (χ1v) is 10.4. The number of rotatable bonds is 6. The zero-order chi connectivity index (χ0) is 22.0. The monoisotopic (exact) mass is 430 g/mol. The molecule has 1 atom stereocenters. The Balaban J connectivity index is 2.25. The summed E-state index contributed by atoms with van der Waals surface area (Å²) in [6.45, 7) is 4.97. The second-order valence-electron chi connectivity index (χ2n) is 6.59. The van der Waals surface area contributed by atoms with Crippen molar-refractivity contribution in [2.45, 2.75) is 33.2 Å². The third kappa shape index (κ3) is 6.11. The molecule has 1 N–H and O–H groups in total. The van der Waals surface area contributed by atoms with Crippen LogP contribution < -0.4 is 14.4 Å². The van der Waals surface area contributed by atoms with Crippen molar-refractivity contribution in [1.29, 1.82) is 0 Å². The number of ether oxygens (including phenoxy) is 1. The predicted molar refractivity (Wildman–Crippen MR) is 104 cm³/mol. The van der Waals surface area contributed by atoms with Crippen LogP contribution in [0.5, 0.6) is 5.75 Å². The number of anilines is 2. The quantitative estimate of drug-likeness (QED) is 0.752. The highest BCUT2D eigenvalue weighted by Crippen LogP contribution is 2.27. The molecule has 0 heterocycles. The molecule has 0 bridgehead atoms. The van der Waals surface area contributed by atoms with E-state index >= 15 is 0 Å². The van der Waals surface area contributed by atoms with E-state index in [1.165, 1.54) is 19.1 Å². The molecule has 158 valence electrons. The van der Waals surface area contributed by atoms with Gasteiger partial charge in [-0.15, -0.1) is 13.2 Å². The van der Waals surface area contributed by atoms with Gasteiger partial charge in [-0.3, -0.25) is 9.10 Å². The van der Waals surface area contributed by atoms with E-state index in [-0.39, 0.29) is 5.69 Å². The van der Waals surface area contributed by atoms with Crippen molar-refractivity contribution < 1.29 is 31.1 Å². The predicted octanol–water partition coefficient (Wildman–Crippen LogP) is 4.00. The lowest BCUT2D eigenvalue weighted by molar-refractivity contribution is -0.274. The van der Waals surface area contributed by atoms with E-state index in [1.54, 1.807) is 26.0 Å². The maximum Gasteiger partial charge on any atom is 0.573 e. The van der Waals surface area contributed by atoms with Gasteiger partial charge in [0.05, 0.1) is 11.9 Å². The van der Waals surface area contributed by atoms with Gasteiger partial charge in [0.15, 0.2) is 0 Å². The molecule has 29 heavy (non-hydrogen) atoms. The van der Waals surface area contributed by atoms with Crippen LogP contribution in [-0.4, -0.2) is 33.0 Å². The van der Waals surface area contributed by atoms with Crippen molar-refractivity contribution in [3.8, 4) is 5.75 Å². The number of halogens is 3. The summed E-state index contributed by atoms with van der Waals surface area (Å²) in [5.41, 5.74) is 2.08. The Bertz CT molecular complexity index is 990. The molecule has 0 aromatic heterocycles. The highest BCUT2D eigenvalue weighted by Gasteiger charge is 2.32. The fourth-order valence-corrected chi connectivity index (χ4v) is 3.95. The summed E-state index contributed by atoms with van der Waals surface area (Å²) in [5, 5.41) is 2.51. The first-order valence-electron chi connectivity index (χ1n) is 8.51. The number of aryl methyl sites for hydroxylation is 2. The number of nitrogens with zero attached hydrogens (tertiary/aromatic N) is 1. The van der Waals surface area contributed by atoms with Crippen LogP contribution >= 0.6 is 0 Å². The maximum atomic E-state index is 12.7. The van der Waals surface area contributed by atoms with Gasteiger partial charge in [0.2, 0.25) is 15.9 Å². The van der Waals surface area contributed by atoms with Crippen molar-refractivity contribution in [3.63, 3.8) is 0 Å². The van der Waals surface area contributed by atoms with Crippen LogP contribution in [0, 0.1) is 13.8 Å². The second-order valence-corrected chi connectivity index (χ2v) is 8.45. The Morgan fingerprint density at radius 1 is 1.10 bits per heavy atom. The van der Waals surface area contributed by atoms with Gasteiger partial charge in [-0.1, -0.05) is 12.1 Å². The van der Waals surface area contributed by atoms with E-state index in [0.717, 1.165) is 28.3 Å². The summed E-state index contributed by atoms with van der Waals surface area (Å²) in [6, 6.07) is 8.71. The summed E-state index contributed by atoms with van der Waals surface area (Å²) >= 11 is 0. The molecule has 0 saturated carbocycles. The number of sulfonamides is 1. The summed E-state index contributed by atoms with van der Waals surface area (Å²) in [7, 11) is -3.79. The Kier molecular flexibility index (Phi) is 6.46. The lowest BCUT2D eigenvalue weighted by Gasteiger charge is -2.29. The minimum atomic E-state index is -4.82. The lowest BCUT2D eigenvalue weighted by atomic mass is 10.1. The van der Waals surface area contributed by atoms with E-state index in [9.17, 15) is 26.4 Å². The molecular weight excluding hydrogens is 409 g/mol. The zero-order valence-corrected chi connectivity index (χ0v) is 17.1. The standard InChI is InChI=1S/C19H21F3N2O4S/c1-12-5-6-13(2)17(11-12)24(29(4,26)27)14(3)18(25)23-15-7-9-16(10-8-15)28-19(20,21)22/h5-11,14H,1-4H3,(H,23,25). The molecule has 2 aromatic carbocycles. The van der Waals surface area contributed by atoms with E-state index in [1.807, 2.05) is 6.07 Å². The lowest BCUT2D eigenvalue weighted by Crippen LogP contribution is -2.45. The fourth-order valence-electron chi connectivity index (χ4n) is 2.72. The summed E-state index contributed by atoms with van der Waals surface area (Å²) in [5.74, 6) is -1.07. The van der Waals surface area contributed by atoms with Crippen LogP contribution in [0.4, 0.5) is 24.5 Å². The van der Waals surface area contributed by atoms with Gasteiger partial charge < -0.3 is 10.1 Å². The molecule has 0 saturated heterocycles. The molecule has 1 unspecified atom stereocenters. The van der Waals surface area contributed by atoms with Crippen LogP contribution in [0.3, 0.4) is 0 Å². The van der Waals surface area contributed by atoms with Gasteiger partial charge in [-0.25, -0.2) is 8.42 Å². The zero-order valence-electron chi connectivity index (χ0n) is 16.2.